The van der Waals surface area contributed by atoms with Crippen molar-refractivity contribution < 1.29 is 9.18 Å². The Balaban J connectivity index is 0.00000192. The first-order valence-electron chi connectivity index (χ1n) is 8.41. The first-order chi connectivity index (χ1) is 10.6. The zero-order chi connectivity index (χ0) is 15.5. The van der Waals surface area contributed by atoms with E-state index in [9.17, 15) is 9.18 Å². The van der Waals surface area contributed by atoms with Gasteiger partial charge in [-0.15, -0.1) is 12.4 Å². The van der Waals surface area contributed by atoms with Crippen LogP contribution in [0.2, 0.25) is 0 Å². The molecule has 0 aliphatic carbocycles. The number of hydrogen-bond donors (Lipinski definition) is 2. The second kappa shape index (κ2) is 8.11. The van der Waals surface area contributed by atoms with Gasteiger partial charge in [-0.25, -0.2) is 4.39 Å². The number of nitrogens with one attached hydrogen (secondary N) is 2. The van der Waals surface area contributed by atoms with E-state index in [1.165, 1.54) is 18.9 Å². The first-order valence-corrected chi connectivity index (χ1v) is 8.41. The molecule has 2 fully saturated rings. The molecule has 1 aromatic rings. The third-order valence-electron chi connectivity index (χ3n) is 5.02. The highest BCUT2D eigenvalue weighted by atomic mass is 35.5. The van der Waals surface area contributed by atoms with Crippen molar-refractivity contribution in [2.24, 2.45) is 5.92 Å². The molecule has 0 aromatic heterocycles. The fourth-order valence-electron chi connectivity index (χ4n) is 3.73. The summed E-state index contributed by atoms with van der Waals surface area (Å²) >= 11 is 0. The van der Waals surface area contributed by atoms with Crippen LogP contribution >= 0.6 is 12.4 Å². The van der Waals surface area contributed by atoms with Crippen molar-refractivity contribution >= 4 is 18.3 Å². The molecule has 2 bridgehead atoms. The second-order valence-electron chi connectivity index (χ2n) is 6.88. The molecular formula is C18H26ClFN2O. The standard InChI is InChI=1S/C18H25FN2O.ClH/c1-12(5-6-13-3-2-4-14(19)9-13)18(22)21-17-10-15-7-8-16(11-17)20-15;/h2-4,9,12,15-17,20H,5-8,10-11H2,1H3,(H,21,22);1H. The zero-order valence-electron chi connectivity index (χ0n) is 13.6. The smallest absolute Gasteiger partial charge is 0.223 e. The van der Waals surface area contributed by atoms with Crippen LogP contribution in [0.25, 0.3) is 0 Å². The fourth-order valence-corrected chi connectivity index (χ4v) is 3.73. The zero-order valence-corrected chi connectivity index (χ0v) is 14.4. The number of aryl methyl sites for hydroxylation is 1. The minimum absolute atomic E-state index is 0. The highest BCUT2D eigenvalue weighted by Crippen LogP contribution is 2.27. The summed E-state index contributed by atoms with van der Waals surface area (Å²) in [6.07, 6.45) is 6.09. The van der Waals surface area contributed by atoms with Crippen LogP contribution in [0.4, 0.5) is 4.39 Å². The summed E-state index contributed by atoms with van der Waals surface area (Å²) in [6.45, 7) is 1.96. The quantitative estimate of drug-likeness (QED) is 0.864. The lowest BCUT2D eigenvalue weighted by Crippen LogP contribution is -2.49. The third-order valence-corrected chi connectivity index (χ3v) is 5.02. The maximum atomic E-state index is 13.2. The van der Waals surface area contributed by atoms with E-state index < -0.39 is 0 Å². The van der Waals surface area contributed by atoms with E-state index >= 15 is 0 Å². The van der Waals surface area contributed by atoms with Gasteiger partial charge in [0, 0.05) is 24.0 Å². The van der Waals surface area contributed by atoms with Crippen LogP contribution in [0, 0.1) is 11.7 Å². The monoisotopic (exact) mass is 340 g/mol. The van der Waals surface area contributed by atoms with Crippen LogP contribution in [-0.4, -0.2) is 24.0 Å². The molecule has 128 valence electrons. The van der Waals surface area contributed by atoms with Gasteiger partial charge in [0.2, 0.25) is 5.91 Å². The maximum Gasteiger partial charge on any atom is 0.223 e. The molecule has 3 atom stereocenters. The van der Waals surface area contributed by atoms with E-state index in [0.29, 0.717) is 18.1 Å². The van der Waals surface area contributed by atoms with E-state index in [4.69, 9.17) is 0 Å². The fraction of sp³-hybridized carbons (Fsp3) is 0.611. The topological polar surface area (TPSA) is 41.1 Å². The van der Waals surface area contributed by atoms with Crippen LogP contribution in [0.1, 0.15) is 44.6 Å². The SMILES string of the molecule is CC(CCc1cccc(F)c1)C(=O)NC1CC2CCC(C1)N2.Cl. The summed E-state index contributed by atoms with van der Waals surface area (Å²) in [4.78, 5) is 12.3. The van der Waals surface area contributed by atoms with Crippen molar-refractivity contribution in [3.05, 3.63) is 35.6 Å². The van der Waals surface area contributed by atoms with E-state index in [-0.39, 0.29) is 30.0 Å². The van der Waals surface area contributed by atoms with E-state index in [0.717, 1.165) is 31.2 Å². The molecular weight excluding hydrogens is 315 g/mol. The molecule has 0 spiro atoms. The van der Waals surface area contributed by atoms with Gasteiger partial charge >= 0.3 is 0 Å². The Bertz CT molecular complexity index is 528. The summed E-state index contributed by atoms with van der Waals surface area (Å²) in [7, 11) is 0. The van der Waals surface area contributed by atoms with Gasteiger partial charge < -0.3 is 10.6 Å². The van der Waals surface area contributed by atoms with E-state index in [1.807, 2.05) is 13.0 Å². The van der Waals surface area contributed by atoms with Gasteiger partial charge in [0.1, 0.15) is 5.82 Å². The molecule has 1 aromatic carbocycles. The van der Waals surface area contributed by atoms with Crippen molar-refractivity contribution in [3.8, 4) is 0 Å². The normalized spacial score (nSPS) is 27.1. The third kappa shape index (κ3) is 4.92. The lowest BCUT2D eigenvalue weighted by Gasteiger charge is -2.30. The Hall–Kier alpha value is -1.13. The number of benzene rings is 1. The Morgan fingerprint density at radius 2 is 2.04 bits per heavy atom. The van der Waals surface area contributed by atoms with Gasteiger partial charge in [-0.1, -0.05) is 19.1 Å². The number of hydrogen-bond acceptors (Lipinski definition) is 2. The van der Waals surface area contributed by atoms with Crippen molar-refractivity contribution in [1.29, 1.82) is 0 Å². The summed E-state index contributed by atoms with van der Waals surface area (Å²) < 4.78 is 13.2. The molecule has 1 amide bonds. The average molecular weight is 341 g/mol. The molecule has 2 heterocycles. The number of amides is 1. The van der Waals surface area contributed by atoms with Gasteiger partial charge in [0.05, 0.1) is 0 Å². The molecule has 23 heavy (non-hydrogen) atoms. The lowest BCUT2D eigenvalue weighted by atomic mass is 9.97. The van der Waals surface area contributed by atoms with Crippen LogP contribution in [0.5, 0.6) is 0 Å². The van der Waals surface area contributed by atoms with E-state index in [2.05, 4.69) is 10.6 Å². The highest BCUT2D eigenvalue weighted by Gasteiger charge is 2.34. The van der Waals surface area contributed by atoms with E-state index in [1.54, 1.807) is 12.1 Å². The van der Waals surface area contributed by atoms with Gasteiger partial charge in [0.25, 0.3) is 0 Å². The molecule has 2 saturated heterocycles. The molecule has 5 heteroatoms. The first kappa shape index (κ1) is 18.2. The number of fused-ring (bicyclic) bond motifs is 2. The maximum absolute atomic E-state index is 13.2. The molecule has 2 aliphatic rings. The molecule has 2 N–H and O–H groups in total. The van der Waals surface area contributed by atoms with Gasteiger partial charge in [-0.2, -0.15) is 0 Å². The van der Waals surface area contributed by atoms with Crippen molar-refractivity contribution in [2.45, 2.75) is 63.6 Å². The van der Waals surface area contributed by atoms with Crippen LogP contribution in [-0.2, 0) is 11.2 Å². The van der Waals surface area contributed by atoms with Crippen molar-refractivity contribution in [1.82, 2.24) is 10.6 Å². The Morgan fingerprint density at radius 3 is 2.70 bits per heavy atom. The predicted molar refractivity (Wildman–Crippen MR) is 92.2 cm³/mol. The average Bonchev–Trinajstić information content (AvgIpc) is 2.83. The van der Waals surface area contributed by atoms with Crippen molar-refractivity contribution in [3.63, 3.8) is 0 Å². The molecule has 0 saturated carbocycles. The molecule has 3 unspecified atom stereocenters. The number of piperidine rings is 1. The Kier molecular flexibility index (Phi) is 6.42. The number of carbonyl (C=O) groups is 1. The Morgan fingerprint density at radius 1 is 1.35 bits per heavy atom. The highest BCUT2D eigenvalue weighted by molar-refractivity contribution is 5.85. The van der Waals surface area contributed by atoms with Crippen LogP contribution < -0.4 is 10.6 Å². The predicted octanol–water partition coefficient (Wildman–Crippen LogP) is 3.22. The number of halogens is 2. The Labute approximate surface area is 143 Å². The second-order valence-corrected chi connectivity index (χ2v) is 6.88. The molecule has 3 nitrogen and oxygen atoms in total. The minimum atomic E-state index is -0.209. The van der Waals surface area contributed by atoms with Gasteiger partial charge in [-0.05, 0) is 56.2 Å². The summed E-state index contributed by atoms with van der Waals surface area (Å²) in [5, 5.41) is 6.80. The molecule has 3 rings (SSSR count). The largest absolute Gasteiger partial charge is 0.353 e. The number of carbonyl (C=O) groups excluding carboxylic acids is 1. The minimum Gasteiger partial charge on any atom is -0.353 e. The summed E-state index contributed by atoms with van der Waals surface area (Å²) in [6, 6.07) is 8.14. The summed E-state index contributed by atoms with van der Waals surface area (Å²) in [5.41, 5.74) is 0.958. The summed E-state index contributed by atoms with van der Waals surface area (Å²) in [5.74, 6) is -0.0988. The van der Waals surface area contributed by atoms with Crippen LogP contribution in [0.3, 0.4) is 0 Å². The van der Waals surface area contributed by atoms with Gasteiger partial charge in [0.15, 0.2) is 0 Å². The van der Waals surface area contributed by atoms with Gasteiger partial charge in [-0.3, -0.25) is 4.79 Å². The number of rotatable bonds is 5. The lowest BCUT2D eigenvalue weighted by molar-refractivity contribution is -0.125. The molecule has 2 aliphatic heterocycles. The van der Waals surface area contributed by atoms with Crippen molar-refractivity contribution in [2.75, 3.05) is 0 Å². The molecule has 0 radical (unpaired) electrons. The van der Waals surface area contributed by atoms with Crippen LogP contribution in [0.15, 0.2) is 24.3 Å².